The second-order valence-electron chi connectivity index (χ2n) is 4.52. The molecule has 0 radical (unpaired) electrons. The van der Waals surface area contributed by atoms with E-state index in [4.69, 9.17) is 9.15 Å². The van der Waals surface area contributed by atoms with E-state index >= 15 is 0 Å². The zero-order valence-electron chi connectivity index (χ0n) is 10.3. The van der Waals surface area contributed by atoms with E-state index < -0.39 is 0 Å². The first kappa shape index (κ1) is 11.9. The van der Waals surface area contributed by atoms with Gasteiger partial charge in [0.2, 0.25) is 0 Å². The van der Waals surface area contributed by atoms with Crippen molar-refractivity contribution in [3.8, 4) is 10.8 Å². The first-order valence-corrected chi connectivity index (χ1v) is 7.01. The van der Waals surface area contributed by atoms with E-state index in [1.165, 1.54) is 0 Å². The molecule has 1 aliphatic rings. The lowest BCUT2D eigenvalue weighted by molar-refractivity contribution is -0.00482. The average molecular weight is 264 g/mol. The van der Waals surface area contributed by atoms with Crippen LogP contribution < -0.4 is 0 Å². The normalized spacial score (nSPS) is 21.3. The van der Waals surface area contributed by atoms with Crippen LogP contribution in [0.5, 0.6) is 0 Å². The van der Waals surface area contributed by atoms with Crippen molar-refractivity contribution in [2.45, 2.75) is 19.5 Å². The minimum absolute atomic E-state index is 0.465. The van der Waals surface area contributed by atoms with E-state index in [1.54, 1.807) is 17.6 Å². The third kappa shape index (κ3) is 2.48. The first-order chi connectivity index (χ1) is 8.83. The summed E-state index contributed by atoms with van der Waals surface area (Å²) < 4.78 is 10.8. The van der Waals surface area contributed by atoms with Crippen molar-refractivity contribution in [1.29, 1.82) is 0 Å². The molecule has 4 nitrogen and oxygen atoms in total. The maximum Gasteiger partial charge on any atom is 0.162 e. The van der Waals surface area contributed by atoms with Crippen molar-refractivity contribution in [3.63, 3.8) is 0 Å². The molecule has 18 heavy (non-hydrogen) atoms. The Morgan fingerprint density at radius 3 is 3.28 bits per heavy atom. The summed E-state index contributed by atoms with van der Waals surface area (Å²) in [6.45, 7) is 5.70. The van der Waals surface area contributed by atoms with Gasteiger partial charge in [0.05, 0.1) is 25.2 Å². The fraction of sp³-hybridized carbons (Fsp3) is 0.462. The van der Waals surface area contributed by atoms with Crippen LogP contribution in [0.2, 0.25) is 0 Å². The van der Waals surface area contributed by atoms with E-state index in [0.29, 0.717) is 6.04 Å². The molecule has 0 aromatic carbocycles. The number of furan rings is 1. The van der Waals surface area contributed by atoms with Gasteiger partial charge in [-0.1, -0.05) is 0 Å². The van der Waals surface area contributed by atoms with Crippen molar-refractivity contribution in [1.82, 2.24) is 9.88 Å². The molecule has 0 spiro atoms. The fourth-order valence-corrected chi connectivity index (χ4v) is 2.87. The van der Waals surface area contributed by atoms with Crippen LogP contribution in [0.25, 0.3) is 10.8 Å². The maximum absolute atomic E-state index is 5.44. The van der Waals surface area contributed by atoms with Gasteiger partial charge in [0.25, 0.3) is 0 Å². The molecule has 0 bridgehead atoms. The summed E-state index contributed by atoms with van der Waals surface area (Å²) in [6, 6.07) is 4.30. The Morgan fingerprint density at radius 2 is 2.50 bits per heavy atom. The predicted molar refractivity (Wildman–Crippen MR) is 70.5 cm³/mol. The zero-order valence-corrected chi connectivity index (χ0v) is 11.2. The van der Waals surface area contributed by atoms with Crippen molar-refractivity contribution in [3.05, 3.63) is 29.5 Å². The third-order valence-electron chi connectivity index (χ3n) is 3.15. The van der Waals surface area contributed by atoms with Crippen molar-refractivity contribution >= 4 is 11.3 Å². The molecular formula is C13H16N2O2S. The lowest BCUT2D eigenvalue weighted by atomic mass is 10.2. The number of thiazole rings is 1. The maximum atomic E-state index is 5.44. The average Bonchev–Trinajstić information content (AvgIpc) is 3.02. The molecule has 1 aliphatic heterocycles. The molecule has 5 heteroatoms. The van der Waals surface area contributed by atoms with E-state index in [9.17, 15) is 0 Å². The number of morpholine rings is 1. The van der Waals surface area contributed by atoms with E-state index in [2.05, 4.69) is 22.2 Å². The van der Waals surface area contributed by atoms with Crippen LogP contribution >= 0.6 is 11.3 Å². The molecule has 0 saturated carbocycles. The highest BCUT2D eigenvalue weighted by Crippen LogP contribution is 2.25. The Morgan fingerprint density at radius 1 is 1.56 bits per heavy atom. The van der Waals surface area contributed by atoms with Gasteiger partial charge >= 0.3 is 0 Å². The van der Waals surface area contributed by atoms with Crippen LogP contribution in [0.1, 0.15) is 12.6 Å². The molecule has 0 aliphatic carbocycles. The Balaban J connectivity index is 1.70. The van der Waals surface area contributed by atoms with Gasteiger partial charge < -0.3 is 9.15 Å². The molecular weight excluding hydrogens is 248 g/mol. The van der Waals surface area contributed by atoms with Gasteiger partial charge in [-0.2, -0.15) is 0 Å². The molecule has 96 valence electrons. The van der Waals surface area contributed by atoms with Crippen LogP contribution in [0.3, 0.4) is 0 Å². The highest BCUT2D eigenvalue weighted by atomic mass is 32.1. The van der Waals surface area contributed by atoms with Crippen LogP contribution in [0.15, 0.2) is 28.2 Å². The lowest BCUT2D eigenvalue weighted by Gasteiger charge is -2.32. The van der Waals surface area contributed by atoms with E-state index in [1.807, 2.05) is 12.1 Å². The SMILES string of the molecule is C[C@@H]1COCCN1Cc1csc(-c2ccco2)n1. The molecule has 1 saturated heterocycles. The number of hydrogen-bond acceptors (Lipinski definition) is 5. The van der Waals surface area contributed by atoms with Crippen LogP contribution in [-0.2, 0) is 11.3 Å². The van der Waals surface area contributed by atoms with Gasteiger partial charge in [0, 0.05) is 24.5 Å². The summed E-state index contributed by atoms with van der Waals surface area (Å²) in [6.07, 6.45) is 1.68. The Bertz CT molecular complexity index is 495. The van der Waals surface area contributed by atoms with Gasteiger partial charge in [0.1, 0.15) is 0 Å². The highest BCUT2D eigenvalue weighted by molar-refractivity contribution is 7.13. The monoisotopic (exact) mass is 264 g/mol. The number of aromatic nitrogens is 1. The van der Waals surface area contributed by atoms with Gasteiger partial charge in [-0.25, -0.2) is 4.98 Å². The summed E-state index contributed by atoms with van der Waals surface area (Å²) in [5.41, 5.74) is 1.11. The van der Waals surface area contributed by atoms with Crippen molar-refractivity contribution in [2.24, 2.45) is 0 Å². The second-order valence-corrected chi connectivity index (χ2v) is 5.37. The number of rotatable bonds is 3. The third-order valence-corrected chi connectivity index (χ3v) is 4.06. The molecule has 1 atom stereocenters. The smallest absolute Gasteiger partial charge is 0.162 e. The molecule has 2 aromatic heterocycles. The molecule has 3 rings (SSSR count). The Kier molecular flexibility index (Phi) is 3.45. The fourth-order valence-electron chi connectivity index (χ4n) is 2.10. The summed E-state index contributed by atoms with van der Waals surface area (Å²) in [5.74, 6) is 0.848. The molecule has 0 unspecified atom stereocenters. The van der Waals surface area contributed by atoms with Crippen LogP contribution in [-0.4, -0.2) is 35.7 Å². The Hall–Kier alpha value is -1.17. The van der Waals surface area contributed by atoms with Crippen LogP contribution in [0, 0.1) is 0 Å². The van der Waals surface area contributed by atoms with Crippen molar-refractivity contribution in [2.75, 3.05) is 19.8 Å². The zero-order chi connectivity index (χ0) is 12.4. The summed E-state index contributed by atoms with van der Waals surface area (Å²) in [5, 5.41) is 3.07. The topological polar surface area (TPSA) is 38.5 Å². The number of hydrogen-bond donors (Lipinski definition) is 0. The second kappa shape index (κ2) is 5.22. The number of nitrogens with zero attached hydrogens (tertiary/aromatic N) is 2. The van der Waals surface area contributed by atoms with E-state index in [-0.39, 0.29) is 0 Å². The standard InChI is InChI=1S/C13H16N2O2S/c1-10-8-16-6-4-15(10)7-11-9-18-13(14-11)12-3-2-5-17-12/h2-3,5,9-10H,4,6-8H2,1H3/t10-/m1/s1. The molecule has 0 amide bonds. The largest absolute Gasteiger partial charge is 0.462 e. The summed E-state index contributed by atoms with van der Waals surface area (Å²) in [4.78, 5) is 7.03. The molecule has 1 fully saturated rings. The summed E-state index contributed by atoms with van der Waals surface area (Å²) in [7, 11) is 0. The molecule has 3 heterocycles. The van der Waals surface area contributed by atoms with Gasteiger partial charge in [0.15, 0.2) is 10.8 Å². The minimum Gasteiger partial charge on any atom is -0.462 e. The van der Waals surface area contributed by atoms with Crippen LogP contribution in [0.4, 0.5) is 0 Å². The quantitative estimate of drug-likeness (QED) is 0.854. The lowest BCUT2D eigenvalue weighted by Crippen LogP contribution is -2.42. The Labute approximate surface area is 110 Å². The molecule has 0 N–H and O–H groups in total. The summed E-state index contributed by atoms with van der Waals surface area (Å²) >= 11 is 1.63. The van der Waals surface area contributed by atoms with Gasteiger partial charge in [-0.3, -0.25) is 4.90 Å². The van der Waals surface area contributed by atoms with Gasteiger partial charge in [-0.05, 0) is 19.1 Å². The van der Waals surface area contributed by atoms with Crippen molar-refractivity contribution < 1.29 is 9.15 Å². The number of ether oxygens (including phenoxy) is 1. The first-order valence-electron chi connectivity index (χ1n) is 6.13. The van der Waals surface area contributed by atoms with Gasteiger partial charge in [-0.15, -0.1) is 11.3 Å². The highest BCUT2D eigenvalue weighted by Gasteiger charge is 2.20. The predicted octanol–water partition coefficient (Wildman–Crippen LogP) is 2.62. The van der Waals surface area contributed by atoms with E-state index in [0.717, 1.165) is 42.8 Å². The molecule has 2 aromatic rings. The minimum atomic E-state index is 0.465.